The average molecular weight is 406 g/mol. The number of ketones is 1. The van der Waals surface area contributed by atoms with Crippen LogP contribution in [0.4, 0.5) is 8.78 Å². The summed E-state index contributed by atoms with van der Waals surface area (Å²) in [6.45, 7) is 1.78. The van der Waals surface area contributed by atoms with Crippen LogP contribution in [-0.2, 0) is 19.1 Å². The van der Waals surface area contributed by atoms with Crippen LogP contribution in [0.25, 0.3) is 0 Å². The van der Waals surface area contributed by atoms with Crippen LogP contribution in [0.5, 0.6) is 0 Å². The van der Waals surface area contributed by atoms with Crippen molar-refractivity contribution in [1.29, 1.82) is 0 Å². The van der Waals surface area contributed by atoms with E-state index in [9.17, 15) is 23.2 Å². The van der Waals surface area contributed by atoms with E-state index < -0.39 is 42.7 Å². The van der Waals surface area contributed by atoms with Crippen LogP contribution in [0.1, 0.15) is 55.8 Å². The summed E-state index contributed by atoms with van der Waals surface area (Å²) in [6.07, 6.45) is 0.481. The van der Waals surface area contributed by atoms with Gasteiger partial charge in [-0.3, -0.25) is 9.59 Å². The number of fused-ring (bicyclic) bond motifs is 1. The molecule has 1 heterocycles. The molecule has 29 heavy (non-hydrogen) atoms. The summed E-state index contributed by atoms with van der Waals surface area (Å²) >= 11 is 0. The van der Waals surface area contributed by atoms with Gasteiger partial charge in [-0.05, 0) is 24.1 Å². The van der Waals surface area contributed by atoms with E-state index in [0.717, 1.165) is 0 Å². The number of halogens is 2. The number of ether oxygens (including phenoxy) is 2. The molecule has 0 amide bonds. The molecule has 2 fully saturated rings. The molecule has 0 bridgehead atoms. The molecule has 156 valence electrons. The van der Waals surface area contributed by atoms with Crippen molar-refractivity contribution in [2.75, 3.05) is 0 Å². The second-order valence-corrected chi connectivity index (χ2v) is 7.47. The molecule has 1 aromatic carbocycles. The molecule has 3 rings (SSSR count). The number of allylic oxidation sites excluding steroid dienone is 1. The lowest BCUT2D eigenvalue weighted by Crippen LogP contribution is -2.28. The number of carbonyl (C=O) groups excluding carboxylic acids is 3. The first-order valence-corrected chi connectivity index (χ1v) is 9.88. The van der Waals surface area contributed by atoms with Gasteiger partial charge < -0.3 is 9.47 Å². The molecule has 0 aromatic heterocycles. The molecule has 7 heteroatoms. The van der Waals surface area contributed by atoms with Crippen molar-refractivity contribution in [2.24, 2.45) is 5.92 Å². The zero-order valence-electron chi connectivity index (χ0n) is 16.2. The minimum atomic E-state index is -3.39. The van der Waals surface area contributed by atoms with E-state index in [1.165, 1.54) is 6.08 Å². The number of alkyl halides is 2. The van der Waals surface area contributed by atoms with E-state index in [2.05, 4.69) is 0 Å². The summed E-state index contributed by atoms with van der Waals surface area (Å²) in [6, 6.07) is 8.40. The van der Waals surface area contributed by atoms with E-state index in [1.54, 1.807) is 37.3 Å². The van der Waals surface area contributed by atoms with Crippen LogP contribution in [0.2, 0.25) is 0 Å². The Morgan fingerprint density at radius 2 is 2.00 bits per heavy atom. The van der Waals surface area contributed by atoms with Crippen LogP contribution >= 0.6 is 0 Å². The van der Waals surface area contributed by atoms with Crippen molar-refractivity contribution >= 4 is 17.7 Å². The van der Waals surface area contributed by atoms with Crippen molar-refractivity contribution in [1.82, 2.24) is 0 Å². The quantitative estimate of drug-likeness (QED) is 0.477. The Labute approximate surface area is 168 Å². The molecule has 1 unspecified atom stereocenters. The van der Waals surface area contributed by atoms with Crippen LogP contribution in [-0.4, -0.2) is 35.9 Å². The third kappa shape index (κ3) is 4.89. The Morgan fingerprint density at radius 3 is 2.69 bits per heavy atom. The minimum Gasteiger partial charge on any atom is -0.462 e. The minimum absolute atomic E-state index is 0.0936. The lowest BCUT2D eigenvalue weighted by atomic mass is 9.96. The van der Waals surface area contributed by atoms with Crippen LogP contribution in [0.3, 0.4) is 0 Å². The van der Waals surface area contributed by atoms with Gasteiger partial charge in [-0.15, -0.1) is 0 Å². The fourth-order valence-electron chi connectivity index (χ4n) is 3.81. The lowest BCUT2D eigenvalue weighted by molar-refractivity contribution is -0.143. The molecule has 0 radical (unpaired) electrons. The number of Topliss-reactive ketones (excluding diaryl/α,β-unsaturated/α-hetero) is 1. The largest absolute Gasteiger partial charge is 0.462 e. The number of rotatable bonds is 8. The summed E-state index contributed by atoms with van der Waals surface area (Å²) < 4.78 is 38.8. The number of esters is 2. The summed E-state index contributed by atoms with van der Waals surface area (Å²) in [5, 5.41) is 0. The first-order valence-electron chi connectivity index (χ1n) is 9.88. The molecule has 1 aliphatic heterocycles. The molecule has 1 saturated carbocycles. The Bertz CT molecular complexity index is 803. The SMILES string of the molecule is CCCCC(F)(F)C(=O)CC=C1[C@H]2CC(=O)OC2C[C@H]1OC(=O)c1ccccc1. The van der Waals surface area contributed by atoms with Gasteiger partial charge in [-0.2, -0.15) is 8.78 Å². The van der Waals surface area contributed by atoms with E-state index in [1.807, 2.05) is 0 Å². The molecule has 2 aliphatic rings. The topological polar surface area (TPSA) is 69.7 Å². The summed E-state index contributed by atoms with van der Waals surface area (Å²) in [5.41, 5.74) is 0.882. The highest BCUT2D eigenvalue weighted by Gasteiger charge is 2.48. The van der Waals surface area contributed by atoms with Gasteiger partial charge in [0.1, 0.15) is 12.2 Å². The predicted octanol–water partition coefficient (Wildman–Crippen LogP) is 4.26. The Balaban J connectivity index is 1.74. The zero-order chi connectivity index (χ0) is 21.0. The monoisotopic (exact) mass is 406 g/mol. The van der Waals surface area contributed by atoms with E-state index >= 15 is 0 Å². The lowest BCUT2D eigenvalue weighted by Gasteiger charge is -2.17. The molecule has 1 aliphatic carbocycles. The second kappa shape index (κ2) is 8.84. The Kier molecular flexibility index (Phi) is 6.45. The third-order valence-corrected chi connectivity index (χ3v) is 5.40. The first kappa shape index (κ1) is 21.1. The molecule has 3 atom stereocenters. The third-order valence-electron chi connectivity index (χ3n) is 5.40. The smallest absolute Gasteiger partial charge is 0.338 e. The van der Waals surface area contributed by atoms with Crippen molar-refractivity contribution < 1.29 is 32.6 Å². The first-order chi connectivity index (χ1) is 13.8. The van der Waals surface area contributed by atoms with Gasteiger partial charge in [0.2, 0.25) is 5.78 Å². The fraction of sp³-hybridized carbons (Fsp3) is 0.500. The Morgan fingerprint density at radius 1 is 1.28 bits per heavy atom. The predicted molar refractivity (Wildman–Crippen MR) is 100 cm³/mol. The summed E-state index contributed by atoms with van der Waals surface area (Å²) in [4.78, 5) is 36.1. The van der Waals surface area contributed by atoms with Gasteiger partial charge in [0.25, 0.3) is 0 Å². The van der Waals surface area contributed by atoms with Gasteiger partial charge in [0, 0.05) is 25.2 Å². The molecular weight excluding hydrogens is 382 g/mol. The molecule has 1 aromatic rings. The van der Waals surface area contributed by atoms with Crippen LogP contribution in [0.15, 0.2) is 42.0 Å². The van der Waals surface area contributed by atoms with Gasteiger partial charge >= 0.3 is 17.9 Å². The van der Waals surface area contributed by atoms with Crippen molar-refractivity contribution in [3.63, 3.8) is 0 Å². The summed E-state index contributed by atoms with van der Waals surface area (Å²) in [7, 11) is 0. The van der Waals surface area contributed by atoms with Gasteiger partial charge in [-0.25, -0.2) is 4.79 Å². The number of hydrogen-bond donors (Lipinski definition) is 0. The number of carbonyl (C=O) groups is 3. The molecule has 0 N–H and O–H groups in total. The number of unbranched alkanes of at least 4 members (excludes halogenated alkanes) is 1. The van der Waals surface area contributed by atoms with Crippen molar-refractivity contribution in [3.05, 3.63) is 47.5 Å². The Hall–Kier alpha value is -2.57. The van der Waals surface area contributed by atoms with Crippen LogP contribution < -0.4 is 0 Å². The standard InChI is InChI=1S/C22H24F2O5/c1-2-3-11-22(23,24)19(25)10-9-15-16-12-20(26)28-18(16)13-17(15)29-21(27)14-7-5-4-6-8-14/h4-9,16-18H,2-3,10-13H2,1H3/t16-,17-,18?/m1/s1. The molecular formula is C22H24F2O5. The van der Waals surface area contributed by atoms with Crippen molar-refractivity contribution in [2.45, 2.75) is 63.6 Å². The van der Waals surface area contributed by atoms with Crippen molar-refractivity contribution in [3.8, 4) is 0 Å². The van der Waals surface area contributed by atoms with Gasteiger partial charge in [0.15, 0.2) is 0 Å². The van der Waals surface area contributed by atoms with E-state index in [4.69, 9.17) is 9.47 Å². The number of benzene rings is 1. The molecule has 1 saturated heterocycles. The maximum Gasteiger partial charge on any atom is 0.338 e. The second-order valence-electron chi connectivity index (χ2n) is 7.47. The number of hydrogen-bond acceptors (Lipinski definition) is 5. The maximum absolute atomic E-state index is 14.0. The maximum atomic E-state index is 14.0. The summed E-state index contributed by atoms with van der Waals surface area (Å²) in [5.74, 6) is -5.83. The van der Waals surface area contributed by atoms with E-state index in [-0.39, 0.29) is 31.1 Å². The normalized spacial score (nSPS) is 25.0. The molecule has 5 nitrogen and oxygen atoms in total. The highest BCUT2D eigenvalue weighted by molar-refractivity contribution is 5.90. The average Bonchev–Trinajstić information content (AvgIpc) is 3.20. The van der Waals surface area contributed by atoms with Gasteiger partial charge in [-0.1, -0.05) is 37.6 Å². The zero-order valence-corrected chi connectivity index (χ0v) is 16.2. The fourth-order valence-corrected chi connectivity index (χ4v) is 3.81. The van der Waals surface area contributed by atoms with Gasteiger partial charge in [0.05, 0.1) is 12.0 Å². The highest BCUT2D eigenvalue weighted by Crippen LogP contribution is 2.43. The van der Waals surface area contributed by atoms with E-state index in [0.29, 0.717) is 17.6 Å². The van der Waals surface area contributed by atoms with Crippen LogP contribution in [0, 0.1) is 5.92 Å². The highest BCUT2D eigenvalue weighted by atomic mass is 19.3. The molecule has 0 spiro atoms.